The van der Waals surface area contributed by atoms with Gasteiger partial charge in [-0.25, -0.2) is 9.37 Å². The fraction of sp³-hybridized carbons (Fsp3) is 0.276. The summed E-state index contributed by atoms with van der Waals surface area (Å²) in [5.74, 6) is -0.0806. The quantitative estimate of drug-likeness (QED) is 0.343. The number of nitrogens with zero attached hydrogens (tertiary/aromatic N) is 4. The first kappa shape index (κ1) is 25.3. The number of para-hydroxylation sites is 1. The number of hydrogen-bond donors (Lipinski definition) is 0. The fourth-order valence-corrected chi connectivity index (χ4v) is 4.37. The summed E-state index contributed by atoms with van der Waals surface area (Å²) in [4.78, 5) is 36.1. The van der Waals surface area contributed by atoms with Crippen molar-refractivity contribution in [3.8, 4) is 0 Å². The number of fused-ring (bicyclic) bond motifs is 1. The lowest BCUT2D eigenvalue weighted by Crippen LogP contribution is -2.42. The van der Waals surface area contributed by atoms with E-state index >= 15 is 0 Å². The molecule has 0 fully saturated rings. The Morgan fingerprint density at radius 1 is 0.944 bits per heavy atom. The molecule has 3 aromatic carbocycles. The summed E-state index contributed by atoms with van der Waals surface area (Å²) >= 11 is 0. The fourth-order valence-electron chi connectivity index (χ4n) is 4.37. The summed E-state index contributed by atoms with van der Waals surface area (Å²) in [7, 11) is 3.89. The van der Waals surface area contributed by atoms with Crippen LogP contribution in [0.25, 0.3) is 10.9 Å². The van der Waals surface area contributed by atoms with E-state index in [2.05, 4.69) is 0 Å². The second kappa shape index (κ2) is 11.3. The van der Waals surface area contributed by atoms with Gasteiger partial charge in [0, 0.05) is 18.7 Å². The highest BCUT2D eigenvalue weighted by molar-refractivity contribution is 5.94. The first-order valence-corrected chi connectivity index (χ1v) is 12.1. The summed E-state index contributed by atoms with van der Waals surface area (Å²) in [6.07, 6.45) is 0.555. The third-order valence-electron chi connectivity index (χ3n) is 6.28. The van der Waals surface area contributed by atoms with E-state index in [1.165, 1.54) is 24.3 Å². The number of likely N-dealkylation sites (N-methyl/N-ethyl adjacent to an activating group) is 1. The standard InChI is InChI=1S/C29H31FN4O2/c1-4-26(33(19-18-32(2)3)28(35)22-14-16-23(30)17-15-22)27-31-25-13-9-8-12-24(25)29(36)34(27)20-21-10-6-5-7-11-21/h5-17,26H,4,18-20H2,1-3H3. The smallest absolute Gasteiger partial charge is 0.261 e. The van der Waals surface area contributed by atoms with E-state index in [1.807, 2.05) is 74.4 Å². The highest BCUT2D eigenvalue weighted by atomic mass is 19.1. The summed E-state index contributed by atoms with van der Waals surface area (Å²) < 4.78 is 15.3. The molecule has 36 heavy (non-hydrogen) atoms. The second-order valence-electron chi connectivity index (χ2n) is 9.10. The van der Waals surface area contributed by atoms with Gasteiger partial charge in [0.25, 0.3) is 11.5 Å². The SMILES string of the molecule is CCC(c1nc2ccccc2c(=O)n1Cc1ccccc1)N(CCN(C)C)C(=O)c1ccc(F)cc1. The third-order valence-corrected chi connectivity index (χ3v) is 6.28. The minimum atomic E-state index is -0.455. The highest BCUT2D eigenvalue weighted by Crippen LogP contribution is 2.26. The molecule has 0 radical (unpaired) electrons. The first-order chi connectivity index (χ1) is 17.4. The van der Waals surface area contributed by atoms with Crippen molar-refractivity contribution in [3.63, 3.8) is 0 Å². The van der Waals surface area contributed by atoms with E-state index in [-0.39, 0.29) is 11.5 Å². The largest absolute Gasteiger partial charge is 0.327 e. The zero-order valence-corrected chi connectivity index (χ0v) is 20.9. The van der Waals surface area contributed by atoms with Gasteiger partial charge >= 0.3 is 0 Å². The average molecular weight is 487 g/mol. The molecular weight excluding hydrogens is 455 g/mol. The van der Waals surface area contributed by atoms with E-state index in [4.69, 9.17) is 4.98 Å². The molecule has 0 aliphatic rings. The lowest BCUT2D eigenvalue weighted by molar-refractivity contribution is 0.0642. The Labute approximate surface area is 210 Å². The van der Waals surface area contributed by atoms with Crippen molar-refractivity contribution in [3.05, 3.63) is 112 Å². The van der Waals surface area contributed by atoms with Crippen molar-refractivity contribution >= 4 is 16.8 Å². The van der Waals surface area contributed by atoms with E-state index in [1.54, 1.807) is 15.5 Å². The Morgan fingerprint density at radius 2 is 1.61 bits per heavy atom. The van der Waals surface area contributed by atoms with Gasteiger partial charge in [0.2, 0.25) is 0 Å². The van der Waals surface area contributed by atoms with Crippen molar-refractivity contribution in [2.45, 2.75) is 25.9 Å². The van der Waals surface area contributed by atoms with E-state index in [0.29, 0.717) is 48.3 Å². The normalized spacial score (nSPS) is 12.1. The molecule has 1 heterocycles. The number of benzene rings is 3. The molecule has 0 spiro atoms. The van der Waals surface area contributed by atoms with Crippen LogP contribution in [0.5, 0.6) is 0 Å². The van der Waals surface area contributed by atoms with Gasteiger partial charge in [-0.15, -0.1) is 0 Å². The summed E-state index contributed by atoms with van der Waals surface area (Å²) in [6, 6.07) is 22.2. The molecule has 4 rings (SSSR count). The number of aromatic nitrogens is 2. The number of rotatable bonds is 9. The molecule has 0 saturated heterocycles. The number of amides is 1. The predicted molar refractivity (Wildman–Crippen MR) is 141 cm³/mol. The van der Waals surface area contributed by atoms with Crippen LogP contribution in [-0.2, 0) is 6.54 Å². The summed E-state index contributed by atoms with van der Waals surface area (Å²) in [5, 5.41) is 0.539. The monoisotopic (exact) mass is 486 g/mol. The molecule has 1 atom stereocenters. The molecule has 1 aromatic heterocycles. The van der Waals surface area contributed by atoms with Gasteiger partial charge in [0.15, 0.2) is 0 Å². The second-order valence-corrected chi connectivity index (χ2v) is 9.10. The first-order valence-electron chi connectivity index (χ1n) is 12.1. The minimum Gasteiger partial charge on any atom is -0.327 e. The molecule has 0 aliphatic carbocycles. The van der Waals surface area contributed by atoms with Gasteiger partial charge < -0.3 is 9.80 Å². The topological polar surface area (TPSA) is 58.4 Å². The molecule has 7 heteroatoms. The van der Waals surface area contributed by atoms with Crippen molar-refractivity contribution in [1.29, 1.82) is 0 Å². The van der Waals surface area contributed by atoms with Gasteiger partial charge in [0.05, 0.1) is 23.5 Å². The molecular formula is C29H31FN4O2. The highest BCUT2D eigenvalue weighted by Gasteiger charge is 2.29. The zero-order chi connectivity index (χ0) is 25.7. The molecule has 6 nitrogen and oxygen atoms in total. The van der Waals surface area contributed by atoms with Crippen molar-refractivity contribution in [2.24, 2.45) is 0 Å². The van der Waals surface area contributed by atoms with Gasteiger partial charge in [-0.1, -0.05) is 49.4 Å². The number of hydrogen-bond acceptors (Lipinski definition) is 4. The molecule has 0 bridgehead atoms. The molecule has 4 aromatic rings. The maximum absolute atomic E-state index is 13.7. The molecule has 0 N–H and O–H groups in total. The van der Waals surface area contributed by atoms with Crippen LogP contribution in [0.4, 0.5) is 4.39 Å². The van der Waals surface area contributed by atoms with Crippen LogP contribution in [-0.4, -0.2) is 52.4 Å². The van der Waals surface area contributed by atoms with Crippen LogP contribution in [0.3, 0.4) is 0 Å². The van der Waals surface area contributed by atoms with Gasteiger partial charge in [-0.3, -0.25) is 14.2 Å². The van der Waals surface area contributed by atoms with Crippen molar-refractivity contribution in [1.82, 2.24) is 19.4 Å². The van der Waals surface area contributed by atoms with Crippen LogP contribution in [0.15, 0.2) is 83.7 Å². The Kier molecular flexibility index (Phi) is 7.90. The molecule has 186 valence electrons. The third kappa shape index (κ3) is 5.52. The number of halogens is 1. The van der Waals surface area contributed by atoms with Gasteiger partial charge in [-0.2, -0.15) is 0 Å². The molecule has 1 unspecified atom stereocenters. The Bertz CT molecular complexity index is 1380. The Balaban J connectivity index is 1.87. The minimum absolute atomic E-state index is 0.139. The van der Waals surface area contributed by atoms with Crippen LogP contribution in [0.2, 0.25) is 0 Å². The van der Waals surface area contributed by atoms with E-state index < -0.39 is 11.9 Å². The van der Waals surface area contributed by atoms with Crippen molar-refractivity contribution < 1.29 is 9.18 Å². The Hall–Kier alpha value is -3.84. The maximum atomic E-state index is 13.7. The predicted octanol–water partition coefficient (Wildman–Crippen LogP) is 4.74. The molecule has 1 amide bonds. The lowest BCUT2D eigenvalue weighted by Gasteiger charge is -2.33. The Morgan fingerprint density at radius 3 is 2.28 bits per heavy atom. The van der Waals surface area contributed by atoms with Crippen LogP contribution >= 0.6 is 0 Å². The number of carbonyl (C=O) groups is 1. The van der Waals surface area contributed by atoms with E-state index in [0.717, 1.165) is 5.56 Å². The number of carbonyl (C=O) groups excluding carboxylic acids is 1. The van der Waals surface area contributed by atoms with Crippen LogP contribution in [0.1, 0.15) is 41.1 Å². The van der Waals surface area contributed by atoms with E-state index in [9.17, 15) is 14.0 Å². The van der Waals surface area contributed by atoms with Crippen LogP contribution in [0, 0.1) is 5.82 Å². The lowest BCUT2D eigenvalue weighted by atomic mass is 10.1. The average Bonchev–Trinajstić information content (AvgIpc) is 2.89. The van der Waals surface area contributed by atoms with Crippen LogP contribution < -0.4 is 5.56 Å². The zero-order valence-electron chi connectivity index (χ0n) is 20.9. The van der Waals surface area contributed by atoms with Crippen molar-refractivity contribution in [2.75, 3.05) is 27.2 Å². The molecule has 0 aliphatic heterocycles. The van der Waals surface area contributed by atoms with Gasteiger partial charge in [-0.05, 0) is 62.5 Å². The summed E-state index contributed by atoms with van der Waals surface area (Å²) in [6.45, 7) is 3.38. The molecule has 0 saturated carbocycles. The van der Waals surface area contributed by atoms with Gasteiger partial charge in [0.1, 0.15) is 11.6 Å². The summed E-state index contributed by atoms with van der Waals surface area (Å²) in [5.41, 5.74) is 1.82. The maximum Gasteiger partial charge on any atom is 0.261 e.